The number of phenolic OH excluding ortho intramolecular Hbond substituents is 1. The van der Waals surface area contributed by atoms with Crippen molar-refractivity contribution in [2.75, 3.05) is 0 Å². The second-order valence-corrected chi connectivity index (χ2v) is 4.54. The molecule has 0 fully saturated rings. The second kappa shape index (κ2) is 12.8. The van der Waals surface area contributed by atoms with Gasteiger partial charge in [-0.25, -0.2) is 4.79 Å². The maximum absolute atomic E-state index is 9.60. The number of carbonyl (C=O) groups is 2. The average Bonchev–Trinajstić information content (AvgIpc) is 2.26. The molecule has 0 saturated heterocycles. The van der Waals surface area contributed by atoms with Crippen LogP contribution in [0, 0.1) is 0 Å². The molecule has 0 unspecified atom stereocenters. The van der Waals surface area contributed by atoms with Crippen molar-refractivity contribution in [3.05, 3.63) is 39.4 Å². The average molecular weight is 407 g/mol. The first-order chi connectivity index (χ1) is 8.98. The third-order valence-corrected chi connectivity index (χ3v) is 2.38. The molecule has 1 aromatic rings. The number of rotatable bonds is 1. The van der Waals surface area contributed by atoms with Gasteiger partial charge in [-0.2, -0.15) is 0 Å². The van der Waals surface area contributed by atoms with E-state index in [9.17, 15) is 4.79 Å². The van der Waals surface area contributed by atoms with Crippen LogP contribution in [-0.2, 0) is 26.7 Å². The molecule has 0 amide bonds. The van der Waals surface area contributed by atoms with E-state index in [0.29, 0.717) is 10.0 Å². The predicted molar refractivity (Wildman–Crippen MR) is 78.9 cm³/mol. The van der Waals surface area contributed by atoms with Crippen molar-refractivity contribution in [3.8, 4) is 5.75 Å². The Bertz CT molecular complexity index is 440. The third kappa shape index (κ3) is 15.3. The summed E-state index contributed by atoms with van der Waals surface area (Å²) in [6, 6.07) is 2.69. The molecule has 123 valence electrons. The molecule has 1 aromatic carbocycles. The minimum Gasteiger partial charge on any atom is -0.506 e. The number of halogens is 3. The first-order valence-electron chi connectivity index (χ1n) is 4.90. The fraction of sp³-hybridized carbons (Fsp3) is 0.167. The zero-order chi connectivity index (χ0) is 16.5. The van der Waals surface area contributed by atoms with E-state index >= 15 is 0 Å². The van der Waals surface area contributed by atoms with Crippen molar-refractivity contribution in [3.63, 3.8) is 0 Å². The van der Waals surface area contributed by atoms with E-state index < -0.39 is 11.9 Å². The van der Waals surface area contributed by atoms with Crippen LogP contribution in [0.1, 0.15) is 13.8 Å². The summed E-state index contributed by atoms with van der Waals surface area (Å²) in [5.74, 6) is -1.83. The third-order valence-electron chi connectivity index (χ3n) is 1.35. The molecule has 5 nitrogen and oxygen atoms in total. The number of benzene rings is 1. The largest absolute Gasteiger partial charge is 0.506 e. The Morgan fingerprint density at radius 3 is 1.52 bits per heavy atom. The van der Waals surface area contributed by atoms with Crippen LogP contribution in [0.4, 0.5) is 0 Å². The van der Waals surface area contributed by atoms with Crippen molar-refractivity contribution in [1.82, 2.24) is 0 Å². The predicted octanol–water partition coefficient (Wildman–Crippen LogP) is 4.09. The Hall–Kier alpha value is -0.911. The molecule has 9 heteroatoms. The zero-order valence-electron chi connectivity index (χ0n) is 11.0. The van der Waals surface area contributed by atoms with Gasteiger partial charge in [0.2, 0.25) is 0 Å². The summed E-state index contributed by atoms with van der Waals surface area (Å²) >= 11 is 16.6. The van der Waals surface area contributed by atoms with E-state index in [0.717, 1.165) is 6.92 Å². The Kier molecular flexibility index (Phi) is 15.3. The smallest absolute Gasteiger partial charge is 0.330 e. The molecule has 0 aliphatic heterocycles. The van der Waals surface area contributed by atoms with Crippen LogP contribution in [0.2, 0.25) is 15.1 Å². The standard InChI is InChI=1S/C6H3Cl3O.C4H6O2.C2H4O2.Cu/c7-3-1-5(9)6(10)2-4(3)8;1-3(2)4(5)6;1-2(3)4;/h1-2,10H;1H2,2H3,(H,5,6);1H3,(H,3,4);. The molecule has 0 atom stereocenters. The molecule has 0 heterocycles. The fourth-order valence-corrected chi connectivity index (χ4v) is 1.05. The van der Waals surface area contributed by atoms with E-state index in [1.54, 1.807) is 0 Å². The van der Waals surface area contributed by atoms with Crippen molar-refractivity contribution < 1.29 is 42.0 Å². The maximum atomic E-state index is 9.60. The van der Waals surface area contributed by atoms with E-state index in [1.165, 1.54) is 19.1 Å². The number of hydrogen-bond donors (Lipinski definition) is 3. The number of carboxylic acids is 2. The van der Waals surface area contributed by atoms with Crippen molar-refractivity contribution in [2.45, 2.75) is 13.8 Å². The van der Waals surface area contributed by atoms with Crippen molar-refractivity contribution in [1.29, 1.82) is 0 Å². The van der Waals surface area contributed by atoms with Crippen LogP contribution in [0.5, 0.6) is 5.75 Å². The first-order valence-corrected chi connectivity index (χ1v) is 6.04. The quantitative estimate of drug-likeness (QED) is 0.371. The van der Waals surface area contributed by atoms with Crippen LogP contribution in [0.15, 0.2) is 24.3 Å². The first kappa shape index (κ1) is 25.1. The Labute approximate surface area is 147 Å². The summed E-state index contributed by atoms with van der Waals surface area (Å²) in [6.45, 7) is 5.69. The van der Waals surface area contributed by atoms with Gasteiger partial charge >= 0.3 is 5.97 Å². The molecule has 3 N–H and O–H groups in total. The number of aliphatic carboxylic acids is 2. The van der Waals surface area contributed by atoms with Gasteiger partial charge in [0.1, 0.15) is 5.75 Å². The van der Waals surface area contributed by atoms with Gasteiger partial charge < -0.3 is 15.3 Å². The van der Waals surface area contributed by atoms with Gasteiger partial charge in [-0.3, -0.25) is 4.79 Å². The summed E-state index contributed by atoms with van der Waals surface area (Å²) in [5, 5.41) is 25.1. The van der Waals surface area contributed by atoms with Gasteiger partial charge in [-0.15, -0.1) is 0 Å². The molecule has 1 radical (unpaired) electrons. The zero-order valence-corrected chi connectivity index (χ0v) is 14.2. The summed E-state index contributed by atoms with van der Waals surface area (Å²) in [7, 11) is 0. The molecule has 0 aliphatic carbocycles. The summed E-state index contributed by atoms with van der Waals surface area (Å²) < 4.78 is 0. The number of phenols is 1. The molecule has 0 spiro atoms. The van der Waals surface area contributed by atoms with E-state index in [1.807, 2.05) is 0 Å². The molecule has 0 aliphatic rings. The summed E-state index contributed by atoms with van der Waals surface area (Å²) in [6.07, 6.45) is 0. The van der Waals surface area contributed by atoms with E-state index in [2.05, 4.69) is 6.58 Å². The second-order valence-electron chi connectivity index (χ2n) is 3.32. The van der Waals surface area contributed by atoms with Crippen molar-refractivity contribution >= 4 is 46.7 Å². The van der Waals surface area contributed by atoms with Gasteiger partial charge in [0.25, 0.3) is 5.97 Å². The number of hydrogen-bond acceptors (Lipinski definition) is 3. The van der Waals surface area contributed by atoms with Gasteiger partial charge in [0.15, 0.2) is 0 Å². The molecule has 1 rings (SSSR count). The van der Waals surface area contributed by atoms with Gasteiger partial charge in [-0.1, -0.05) is 41.4 Å². The van der Waals surface area contributed by atoms with Crippen LogP contribution >= 0.6 is 34.8 Å². The Morgan fingerprint density at radius 2 is 1.29 bits per heavy atom. The van der Waals surface area contributed by atoms with Crippen LogP contribution in [0.25, 0.3) is 0 Å². The molecular formula is C12H13Cl3CuO5. The molecule has 0 saturated carbocycles. The van der Waals surface area contributed by atoms with Crippen LogP contribution < -0.4 is 0 Å². The number of carboxylic acid groups (broad SMARTS) is 2. The van der Waals surface area contributed by atoms with Gasteiger partial charge in [0.05, 0.1) is 15.1 Å². The summed E-state index contributed by atoms with van der Waals surface area (Å²) in [5.41, 5.74) is 0.176. The normalized spacial score (nSPS) is 8.05. The van der Waals surface area contributed by atoms with Crippen molar-refractivity contribution in [2.24, 2.45) is 0 Å². The molecular weight excluding hydrogens is 394 g/mol. The topological polar surface area (TPSA) is 94.8 Å². The maximum Gasteiger partial charge on any atom is 0.330 e. The Balaban J connectivity index is -0.000000255. The van der Waals surface area contributed by atoms with E-state index in [4.69, 9.17) is 54.9 Å². The molecule has 0 aromatic heterocycles. The molecule has 0 bridgehead atoms. The van der Waals surface area contributed by atoms with Gasteiger partial charge in [-0.05, 0) is 13.0 Å². The Morgan fingerprint density at radius 1 is 1.00 bits per heavy atom. The van der Waals surface area contributed by atoms with E-state index in [-0.39, 0.29) is 33.4 Å². The number of aromatic hydroxyl groups is 1. The minimum absolute atomic E-state index is 0. The van der Waals surface area contributed by atoms with Crippen LogP contribution in [0.3, 0.4) is 0 Å². The monoisotopic (exact) mass is 405 g/mol. The molecule has 21 heavy (non-hydrogen) atoms. The minimum atomic E-state index is -0.935. The SMILES string of the molecule is C=C(C)C(=O)O.CC(=O)O.Oc1cc(Cl)c(Cl)cc1Cl.[Cu]. The van der Waals surface area contributed by atoms with Crippen LogP contribution in [-0.4, -0.2) is 27.3 Å². The van der Waals surface area contributed by atoms with Gasteiger partial charge in [0, 0.05) is 35.6 Å². The summed E-state index contributed by atoms with van der Waals surface area (Å²) in [4.78, 5) is 18.6. The fourth-order valence-electron chi connectivity index (χ4n) is 0.512.